The SMILES string of the molecule is CC(C)(C)OC(=O)NCCCOCOCCc1nc2ccc(C(=O)O)cc2[nH]1. The van der Waals surface area contributed by atoms with E-state index in [2.05, 4.69) is 15.3 Å². The highest BCUT2D eigenvalue weighted by Crippen LogP contribution is 2.14. The molecule has 9 nitrogen and oxygen atoms in total. The third kappa shape index (κ3) is 7.53. The van der Waals surface area contributed by atoms with Gasteiger partial charge in [-0.25, -0.2) is 14.6 Å². The molecule has 0 aliphatic rings. The number of aromatic amines is 1. The van der Waals surface area contributed by atoms with Crippen LogP contribution in [0, 0.1) is 0 Å². The Labute approximate surface area is 163 Å². The molecule has 0 aliphatic heterocycles. The number of ether oxygens (including phenoxy) is 3. The van der Waals surface area contributed by atoms with Gasteiger partial charge in [-0.1, -0.05) is 0 Å². The molecule has 0 spiro atoms. The topological polar surface area (TPSA) is 123 Å². The van der Waals surface area contributed by atoms with Crippen molar-refractivity contribution in [3.63, 3.8) is 0 Å². The highest BCUT2D eigenvalue weighted by Gasteiger charge is 2.15. The zero-order valence-corrected chi connectivity index (χ0v) is 16.4. The summed E-state index contributed by atoms with van der Waals surface area (Å²) in [5, 5.41) is 11.7. The summed E-state index contributed by atoms with van der Waals surface area (Å²) in [4.78, 5) is 29.9. The lowest BCUT2D eigenvalue weighted by molar-refractivity contribution is -0.0533. The monoisotopic (exact) mass is 393 g/mol. The van der Waals surface area contributed by atoms with Crippen molar-refractivity contribution in [3.8, 4) is 0 Å². The molecule has 1 aromatic carbocycles. The minimum absolute atomic E-state index is 0.149. The lowest BCUT2D eigenvalue weighted by Gasteiger charge is -2.19. The predicted octanol–water partition coefficient (Wildman–Crippen LogP) is 2.71. The lowest BCUT2D eigenvalue weighted by Crippen LogP contribution is -2.33. The van der Waals surface area contributed by atoms with Crippen molar-refractivity contribution in [1.82, 2.24) is 15.3 Å². The second-order valence-electron chi connectivity index (χ2n) is 7.19. The third-order valence-corrected chi connectivity index (χ3v) is 3.56. The normalized spacial score (nSPS) is 11.5. The molecule has 0 unspecified atom stereocenters. The maximum absolute atomic E-state index is 11.4. The van der Waals surface area contributed by atoms with Crippen LogP contribution in [0.5, 0.6) is 0 Å². The summed E-state index contributed by atoms with van der Waals surface area (Å²) in [6.07, 6.45) is 0.767. The number of carbonyl (C=O) groups is 2. The second-order valence-corrected chi connectivity index (χ2v) is 7.19. The molecule has 0 saturated heterocycles. The van der Waals surface area contributed by atoms with Crippen LogP contribution < -0.4 is 5.32 Å². The Morgan fingerprint density at radius 3 is 2.68 bits per heavy atom. The summed E-state index contributed by atoms with van der Waals surface area (Å²) < 4.78 is 15.9. The van der Waals surface area contributed by atoms with E-state index >= 15 is 0 Å². The number of nitrogens with one attached hydrogen (secondary N) is 2. The Morgan fingerprint density at radius 2 is 1.96 bits per heavy atom. The molecule has 0 aliphatic carbocycles. The molecule has 2 aromatic rings. The largest absolute Gasteiger partial charge is 0.478 e. The van der Waals surface area contributed by atoms with Crippen LogP contribution in [0.4, 0.5) is 4.79 Å². The van der Waals surface area contributed by atoms with Crippen LogP contribution in [0.15, 0.2) is 18.2 Å². The summed E-state index contributed by atoms with van der Waals surface area (Å²) in [5.74, 6) is -0.251. The van der Waals surface area contributed by atoms with Gasteiger partial charge in [0.05, 0.1) is 29.8 Å². The highest BCUT2D eigenvalue weighted by atomic mass is 16.7. The second kappa shape index (κ2) is 10.0. The van der Waals surface area contributed by atoms with Crippen molar-refractivity contribution in [2.24, 2.45) is 0 Å². The zero-order valence-electron chi connectivity index (χ0n) is 16.4. The molecule has 0 radical (unpaired) electrons. The first-order chi connectivity index (χ1) is 13.2. The van der Waals surface area contributed by atoms with Gasteiger partial charge in [-0.2, -0.15) is 0 Å². The van der Waals surface area contributed by atoms with Crippen LogP contribution in [-0.4, -0.2) is 59.3 Å². The lowest BCUT2D eigenvalue weighted by atomic mass is 10.2. The molecule has 28 heavy (non-hydrogen) atoms. The molecule has 0 bridgehead atoms. The first-order valence-electron chi connectivity index (χ1n) is 9.09. The molecule has 0 atom stereocenters. The number of carbonyl (C=O) groups excluding carboxylic acids is 1. The fraction of sp³-hybridized carbons (Fsp3) is 0.526. The first kappa shape index (κ1) is 21.6. The quantitative estimate of drug-likeness (QED) is 0.419. The fourth-order valence-corrected chi connectivity index (χ4v) is 2.34. The number of hydrogen-bond donors (Lipinski definition) is 3. The molecule has 1 heterocycles. The van der Waals surface area contributed by atoms with Gasteiger partial charge in [0.2, 0.25) is 0 Å². The number of carboxylic acids is 1. The van der Waals surface area contributed by atoms with Gasteiger partial charge in [-0.15, -0.1) is 0 Å². The van der Waals surface area contributed by atoms with Crippen LogP contribution in [0.1, 0.15) is 43.4 Å². The van der Waals surface area contributed by atoms with Gasteiger partial charge in [0.15, 0.2) is 0 Å². The van der Waals surface area contributed by atoms with Crippen molar-refractivity contribution >= 4 is 23.1 Å². The molecule has 1 amide bonds. The van der Waals surface area contributed by atoms with Gasteiger partial charge in [0.1, 0.15) is 18.2 Å². The van der Waals surface area contributed by atoms with Crippen molar-refractivity contribution in [3.05, 3.63) is 29.6 Å². The molecule has 2 rings (SSSR count). The van der Waals surface area contributed by atoms with Crippen LogP contribution in [0.2, 0.25) is 0 Å². The van der Waals surface area contributed by atoms with E-state index in [0.717, 1.165) is 5.82 Å². The Bertz CT molecular complexity index is 797. The van der Waals surface area contributed by atoms with Gasteiger partial charge >= 0.3 is 12.1 Å². The van der Waals surface area contributed by atoms with E-state index in [9.17, 15) is 9.59 Å². The number of aromatic nitrogens is 2. The van der Waals surface area contributed by atoms with E-state index in [1.165, 1.54) is 6.07 Å². The predicted molar refractivity (Wildman–Crippen MR) is 102 cm³/mol. The van der Waals surface area contributed by atoms with E-state index in [4.69, 9.17) is 19.3 Å². The maximum Gasteiger partial charge on any atom is 0.407 e. The fourth-order valence-electron chi connectivity index (χ4n) is 2.34. The number of rotatable bonds is 10. The van der Waals surface area contributed by atoms with E-state index in [0.29, 0.717) is 43.6 Å². The summed E-state index contributed by atoms with van der Waals surface area (Å²) in [7, 11) is 0. The number of H-pyrrole nitrogens is 1. The van der Waals surface area contributed by atoms with Crippen molar-refractivity contribution in [2.45, 2.75) is 39.2 Å². The number of benzene rings is 1. The first-order valence-corrected chi connectivity index (χ1v) is 9.09. The van der Waals surface area contributed by atoms with Gasteiger partial charge in [-0.05, 0) is 45.4 Å². The smallest absolute Gasteiger partial charge is 0.407 e. The van der Waals surface area contributed by atoms with Crippen LogP contribution in [0.3, 0.4) is 0 Å². The Morgan fingerprint density at radius 1 is 1.21 bits per heavy atom. The number of alkyl carbamates (subject to hydrolysis) is 1. The molecule has 154 valence electrons. The molecular formula is C19H27N3O6. The maximum atomic E-state index is 11.4. The van der Waals surface area contributed by atoms with Crippen LogP contribution in [-0.2, 0) is 20.6 Å². The number of carboxylic acid groups (broad SMARTS) is 1. The van der Waals surface area contributed by atoms with Crippen LogP contribution >= 0.6 is 0 Å². The minimum atomic E-state index is -0.972. The number of imidazole rings is 1. The minimum Gasteiger partial charge on any atom is -0.478 e. The van der Waals surface area contributed by atoms with E-state index < -0.39 is 17.7 Å². The number of hydrogen-bond acceptors (Lipinski definition) is 6. The molecule has 9 heteroatoms. The van der Waals surface area contributed by atoms with Crippen molar-refractivity contribution < 1.29 is 28.9 Å². The Balaban J connectivity index is 1.55. The van der Waals surface area contributed by atoms with Gasteiger partial charge in [0, 0.05) is 13.0 Å². The van der Waals surface area contributed by atoms with E-state index in [1.54, 1.807) is 12.1 Å². The van der Waals surface area contributed by atoms with Gasteiger partial charge < -0.3 is 29.6 Å². The number of fused-ring (bicyclic) bond motifs is 1. The standard InChI is InChI=1S/C19H27N3O6/c1-19(2,3)28-18(25)20-8-4-9-26-12-27-10-7-16-21-14-6-5-13(17(23)24)11-15(14)22-16/h5-6,11H,4,7-10,12H2,1-3H3,(H,20,25)(H,21,22)(H,23,24). The summed E-state index contributed by atoms with van der Waals surface area (Å²) in [6, 6.07) is 4.76. The molecular weight excluding hydrogens is 366 g/mol. The number of amides is 1. The molecule has 0 fully saturated rings. The van der Waals surface area contributed by atoms with Crippen molar-refractivity contribution in [1.29, 1.82) is 0 Å². The van der Waals surface area contributed by atoms with Crippen molar-refractivity contribution in [2.75, 3.05) is 26.6 Å². The summed E-state index contributed by atoms with van der Waals surface area (Å²) >= 11 is 0. The Hall–Kier alpha value is -2.65. The van der Waals surface area contributed by atoms with Crippen LogP contribution in [0.25, 0.3) is 11.0 Å². The average Bonchev–Trinajstić information content (AvgIpc) is 3.00. The average molecular weight is 393 g/mol. The van der Waals surface area contributed by atoms with Gasteiger partial charge in [-0.3, -0.25) is 0 Å². The Kier molecular flexibility index (Phi) is 7.77. The number of aromatic carboxylic acids is 1. The summed E-state index contributed by atoms with van der Waals surface area (Å²) in [5.41, 5.74) is 1.11. The molecule has 1 aromatic heterocycles. The number of nitrogens with zero attached hydrogens (tertiary/aromatic N) is 1. The van der Waals surface area contributed by atoms with Gasteiger partial charge in [0.25, 0.3) is 0 Å². The molecule has 0 saturated carbocycles. The summed E-state index contributed by atoms with van der Waals surface area (Å²) in [6.45, 7) is 6.92. The molecule has 3 N–H and O–H groups in total. The van der Waals surface area contributed by atoms with E-state index in [-0.39, 0.29) is 12.4 Å². The third-order valence-electron chi connectivity index (χ3n) is 3.56. The zero-order chi connectivity index (χ0) is 20.6. The van der Waals surface area contributed by atoms with E-state index in [1.807, 2.05) is 20.8 Å². The highest BCUT2D eigenvalue weighted by molar-refractivity contribution is 5.92.